The lowest BCUT2D eigenvalue weighted by atomic mass is 10.00. The summed E-state index contributed by atoms with van der Waals surface area (Å²) in [4.78, 5) is 28.2. The van der Waals surface area contributed by atoms with Gasteiger partial charge in [0.2, 0.25) is 0 Å². The Kier molecular flexibility index (Phi) is 4.59. The molecule has 0 aliphatic carbocycles. The number of para-hydroxylation sites is 2. The molecule has 152 valence electrons. The third kappa shape index (κ3) is 2.98. The van der Waals surface area contributed by atoms with Gasteiger partial charge in [-0.3, -0.25) is 9.59 Å². The van der Waals surface area contributed by atoms with Gasteiger partial charge in [-0.1, -0.05) is 36.4 Å². The third-order valence-corrected chi connectivity index (χ3v) is 5.73. The largest absolute Gasteiger partial charge is 0.383 e. The molecular formula is C23H22N4O3. The molecule has 30 heavy (non-hydrogen) atoms. The highest BCUT2D eigenvalue weighted by Crippen LogP contribution is 2.21. The van der Waals surface area contributed by atoms with Gasteiger partial charge in [0.25, 0.3) is 11.5 Å². The molecule has 4 aromatic rings. The lowest BCUT2D eigenvalue weighted by molar-refractivity contribution is 0.0728. The van der Waals surface area contributed by atoms with Gasteiger partial charge >= 0.3 is 0 Å². The maximum Gasteiger partial charge on any atom is 0.277 e. The fourth-order valence-corrected chi connectivity index (χ4v) is 4.18. The van der Waals surface area contributed by atoms with Crippen LogP contribution in [0.15, 0.2) is 59.4 Å². The first-order valence-corrected chi connectivity index (χ1v) is 10.0. The van der Waals surface area contributed by atoms with E-state index in [2.05, 4.69) is 17.2 Å². The molecule has 7 nitrogen and oxygen atoms in total. The van der Waals surface area contributed by atoms with Gasteiger partial charge in [-0.25, -0.2) is 4.52 Å². The summed E-state index contributed by atoms with van der Waals surface area (Å²) in [5.41, 5.74) is 4.50. The molecule has 0 saturated heterocycles. The van der Waals surface area contributed by atoms with E-state index in [9.17, 15) is 9.59 Å². The van der Waals surface area contributed by atoms with Gasteiger partial charge in [-0.15, -0.1) is 0 Å². The number of carbonyl (C=O) groups excluding carboxylic acids is 1. The Balaban J connectivity index is 1.58. The Labute approximate surface area is 173 Å². The predicted octanol–water partition coefficient (Wildman–Crippen LogP) is 2.49. The van der Waals surface area contributed by atoms with Crippen LogP contribution in [0.2, 0.25) is 0 Å². The highest BCUT2D eigenvalue weighted by atomic mass is 16.5. The van der Waals surface area contributed by atoms with Crippen LogP contribution in [0.1, 0.15) is 21.6 Å². The van der Waals surface area contributed by atoms with Crippen LogP contribution in [-0.4, -0.2) is 45.2 Å². The number of nitrogens with zero attached hydrogens (tertiary/aromatic N) is 4. The number of ether oxygens (including phenoxy) is 1. The zero-order valence-electron chi connectivity index (χ0n) is 16.7. The molecule has 0 bridgehead atoms. The number of amides is 1. The maximum atomic E-state index is 13.2. The van der Waals surface area contributed by atoms with Gasteiger partial charge in [0, 0.05) is 32.8 Å². The van der Waals surface area contributed by atoms with Crippen LogP contribution < -0.4 is 5.56 Å². The summed E-state index contributed by atoms with van der Waals surface area (Å²) in [6.45, 7) is 2.06. The van der Waals surface area contributed by atoms with Gasteiger partial charge in [0.1, 0.15) is 5.52 Å². The van der Waals surface area contributed by atoms with Crippen LogP contribution in [0.5, 0.6) is 0 Å². The summed E-state index contributed by atoms with van der Waals surface area (Å²) in [7, 11) is 1.61. The molecule has 5 rings (SSSR count). The first kappa shape index (κ1) is 18.6. The van der Waals surface area contributed by atoms with E-state index in [4.69, 9.17) is 4.74 Å². The molecule has 0 radical (unpaired) electrons. The second-order valence-electron chi connectivity index (χ2n) is 7.51. The van der Waals surface area contributed by atoms with Crippen molar-refractivity contribution in [1.29, 1.82) is 0 Å². The molecule has 1 aliphatic rings. The highest BCUT2D eigenvalue weighted by Gasteiger charge is 2.25. The third-order valence-electron chi connectivity index (χ3n) is 5.73. The van der Waals surface area contributed by atoms with Crippen molar-refractivity contribution in [2.24, 2.45) is 0 Å². The lowest BCUT2D eigenvalue weighted by Crippen LogP contribution is -2.36. The lowest BCUT2D eigenvalue weighted by Gasteiger charge is -2.28. The molecule has 0 unspecified atom stereocenters. The summed E-state index contributed by atoms with van der Waals surface area (Å²) < 4.78 is 8.44. The fraction of sp³-hybridized carbons (Fsp3) is 0.261. The van der Waals surface area contributed by atoms with Crippen molar-refractivity contribution < 1.29 is 9.53 Å². The van der Waals surface area contributed by atoms with Gasteiger partial charge in [0.05, 0.1) is 17.6 Å². The molecule has 0 atom stereocenters. The van der Waals surface area contributed by atoms with E-state index >= 15 is 0 Å². The number of carbonyl (C=O) groups is 1. The summed E-state index contributed by atoms with van der Waals surface area (Å²) in [6.07, 6.45) is 0.821. The molecule has 0 N–H and O–H groups in total. The molecule has 2 aromatic carbocycles. The van der Waals surface area contributed by atoms with Gasteiger partial charge in [-0.2, -0.15) is 5.10 Å². The van der Waals surface area contributed by atoms with E-state index in [-0.39, 0.29) is 11.5 Å². The van der Waals surface area contributed by atoms with Gasteiger partial charge in [-0.05, 0) is 29.7 Å². The summed E-state index contributed by atoms with van der Waals surface area (Å²) >= 11 is 0. The number of aromatic nitrogens is 3. The second-order valence-corrected chi connectivity index (χ2v) is 7.51. The normalized spacial score (nSPS) is 13.7. The van der Waals surface area contributed by atoms with Crippen molar-refractivity contribution in [3.8, 4) is 0 Å². The number of fused-ring (bicyclic) bond motifs is 4. The number of benzene rings is 2. The fourth-order valence-electron chi connectivity index (χ4n) is 4.18. The molecule has 1 amide bonds. The van der Waals surface area contributed by atoms with E-state index in [1.807, 2.05) is 36.4 Å². The molecule has 3 heterocycles. The number of methoxy groups -OCH3 is 1. The van der Waals surface area contributed by atoms with Crippen molar-refractivity contribution in [2.45, 2.75) is 19.5 Å². The van der Waals surface area contributed by atoms with Gasteiger partial charge in [0.15, 0.2) is 5.69 Å². The summed E-state index contributed by atoms with van der Waals surface area (Å²) in [6, 6.07) is 17.4. The van der Waals surface area contributed by atoms with Crippen molar-refractivity contribution in [3.05, 3.63) is 81.8 Å². The van der Waals surface area contributed by atoms with Crippen molar-refractivity contribution in [3.63, 3.8) is 0 Å². The summed E-state index contributed by atoms with van der Waals surface area (Å²) in [5, 5.41) is 4.54. The SMILES string of the molecule is COCCn1c(=O)c2cc(C(=O)N3CCc4ccccc4C3)nn2c2ccccc21. The maximum absolute atomic E-state index is 13.2. The minimum absolute atomic E-state index is 0.153. The monoisotopic (exact) mass is 402 g/mol. The standard InChI is InChI=1S/C23H22N4O3/c1-30-13-12-26-19-8-4-5-9-20(19)27-21(23(26)29)14-18(24-27)22(28)25-11-10-16-6-2-3-7-17(16)15-25/h2-9,14H,10-13,15H2,1H3. The van der Waals surface area contributed by atoms with Crippen molar-refractivity contribution in [1.82, 2.24) is 19.1 Å². The van der Waals surface area contributed by atoms with Crippen LogP contribution in [0.4, 0.5) is 0 Å². The zero-order valence-corrected chi connectivity index (χ0v) is 16.7. The average molecular weight is 402 g/mol. The Morgan fingerprint density at radius 1 is 1.03 bits per heavy atom. The van der Waals surface area contributed by atoms with E-state index < -0.39 is 0 Å². The topological polar surface area (TPSA) is 68.8 Å². The van der Waals surface area contributed by atoms with E-state index in [0.29, 0.717) is 37.5 Å². The first-order valence-electron chi connectivity index (χ1n) is 10.0. The predicted molar refractivity (Wildman–Crippen MR) is 114 cm³/mol. The first-order chi connectivity index (χ1) is 14.7. The van der Waals surface area contributed by atoms with Crippen LogP contribution in [-0.2, 0) is 24.2 Å². The molecular weight excluding hydrogens is 380 g/mol. The molecule has 7 heteroatoms. The molecule has 0 saturated carbocycles. The van der Waals surface area contributed by atoms with Crippen LogP contribution in [0, 0.1) is 0 Å². The average Bonchev–Trinajstić information content (AvgIpc) is 3.24. The number of hydrogen-bond acceptors (Lipinski definition) is 4. The smallest absolute Gasteiger partial charge is 0.277 e. The number of rotatable bonds is 4. The molecule has 0 spiro atoms. The zero-order chi connectivity index (χ0) is 20.7. The second kappa shape index (κ2) is 7.42. The molecule has 2 aromatic heterocycles. The Bertz CT molecular complexity index is 1320. The van der Waals surface area contributed by atoms with Crippen LogP contribution in [0.3, 0.4) is 0 Å². The van der Waals surface area contributed by atoms with E-state index in [0.717, 1.165) is 23.0 Å². The Morgan fingerprint density at radius 3 is 2.57 bits per heavy atom. The van der Waals surface area contributed by atoms with Crippen molar-refractivity contribution >= 4 is 22.5 Å². The Morgan fingerprint density at radius 2 is 1.77 bits per heavy atom. The highest BCUT2D eigenvalue weighted by molar-refractivity contribution is 5.94. The minimum atomic E-state index is -0.179. The molecule has 1 aliphatic heterocycles. The Hall–Kier alpha value is -3.45. The van der Waals surface area contributed by atoms with Crippen LogP contribution >= 0.6 is 0 Å². The van der Waals surface area contributed by atoms with Gasteiger partial charge < -0.3 is 14.2 Å². The number of hydrogen-bond donors (Lipinski definition) is 0. The molecule has 0 fully saturated rings. The quantitative estimate of drug-likeness (QED) is 0.526. The van der Waals surface area contributed by atoms with E-state index in [1.54, 1.807) is 27.2 Å². The summed E-state index contributed by atoms with van der Waals surface area (Å²) in [5.74, 6) is -0.153. The van der Waals surface area contributed by atoms with E-state index in [1.165, 1.54) is 5.56 Å². The van der Waals surface area contributed by atoms with Crippen LogP contribution in [0.25, 0.3) is 16.6 Å². The van der Waals surface area contributed by atoms with Crippen molar-refractivity contribution in [2.75, 3.05) is 20.3 Å². The minimum Gasteiger partial charge on any atom is -0.383 e.